The number of anilines is 1. The fourth-order valence-electron chi connectivity index (χ4n) is 3.24. The minimum Gasteiger partial charge on any atom is -0.396 e. The Morgan fingerprint density at radius 2 is 2.37 bits per heavy atom. The van der Waals surface area contributed by atoms with Crippen LogP contribution >= 0.6 is 0 Å². The molecule has 100 valence electrons. The van der Waals surface area contributed by atoms with E-state index >= 15 is 0 Å². The number of nitriles is 1. The normalized spacial score (nSPS) is 28.1. The van der Waals surface area contributed by atoms with E-state index in [1.807, 2.05) is 18.2 Å². The molecule has 0 amide bonds. The molecule has 0 bridgehead atoms. The molecule has 0 aromatic heterocycles. The van der Waals surface area contributed by atoms with Crippen molar-refractivity contribution in [3.63, 3.8) is 0 Å². The van der Waals surface area contributed by atoms with Gasteiger partial charge in [-0.25, -0.2) is 0 Å². The second-order valence-electron chi connectivity index (χ2n) is 5.27. The van der Waals surface area contributed by atoms with Crippen molar-refractivity contribution in [2.45, 2.75) is 31.4 Å². The Bertz CT molecular complexity index is 509. The first-order valence-corrected chi connectivity index (χ1v) is 6.86. The number of ether oxygens (including phenoxy) is 1. The minimum absolute atomic E-state index is 0.105. The van der Waals surface area contributed by atoms with Crippen molar-refractivity contribution < 1.29 is 9.84 Å². The Kier molecular flexibility index (Phi) is 3.41. The molecule has 2 aliphatic rings. The van der Waals surface area contributed by atoms with Gasteiger partial charge in [-0.3, -0.25) is 0 Å². The Hall–Kier alpha value is -1.57. The quantitative estimate of drug-likeness (QED) is 0.872. The van der Waals surface area contributed by atoms with Crippen LogP contribution in [0.2, 0.25) is 0 Å². The fourth-order valence-corrected chi connectivity index (χ4v) is 3.24. The summed E-state index contributed by atoms with van der Waals surface area (Å²) in [6.45, 7) is 1.01. The Labute approximate surface area is 113 Å². The van der Waals surface area contributed by atoms with Gasteiger partial charge in [-0.05, 0) is 37.5 Å². The third-order valence-electron chi connectivity index (χ3n) is 4.16. The molecule has 1 aromatic rings. The summed E-state index contributed by atoms with van der Waals surface area (Å²) in [6, 6.07) is 8.29. The molecule has 0 radical (unpaired) electrons. The molecule has 1 fully saturated rings. The van der Waals surface area contributed by atoms with E-state index in [1.54, 1.807) is 0 Å². The molecule has 3 atom stereocenters. The number of fused-ring (bicyclic) bond motifs is 3. The van der Waals surface area contributed by atoms with Crippen molar-refractivity contribution in [1.82, 2.24) is 0 Å². The van der Waals surface area contributed by atoms with Gasteiger partial charge in [-0.1, -0.05) is 0 Å². The van der Waals surface area contributed by atoms with Crippen LogP contribution in [0.5, 0.6) is 0 Å². The van der Waals surface area contributed by atoms with E-state index in [0.29, 0.717) is 17.5 Å². The SMILES string of the molecule is N#Cc1ccc2c(c1)[C@H]1OCC[C@H]1[C@H](CCCO)N2. The van der Waals surface area contributed by atoms with Crippen molar-refractivity contribution in [2.75, 3.05) is 18.5 Å². The number of hydrogen-bond acceptors (Lipinski definition) is 4. The summed E-state index contributed by atoms with van der Waals surface area (Å²) in [5.74, 6) is 0.452. The second-order valence-corrected chi connectivity index (χ2v) is 5.27. The van der Waals surface area contributed by atoms with Crippen molar-refractivity contribution >= 4 is 5.69 Å². The zero-order valence-corrected chi connectivity index (χ0v) is 10.8. The molecule has 0 aliphatic carbocycles. The van der Waals surface area contributed by atoms with Gasteiger partial charge in [0.1, 0.15) is 0 Å². The molecule has 0 spiro atoms. The van der Waals surface area contributed by atoms with Crippen LogP contribution < -0.4 is 5.32 Å². The molecular weight excluding hydrogens is 240 g/mol. The van der Waals surface area contributed by atoms with Gasteiger partial charge in [0.25, 0.3) is 0 Å². The average Bonchev–Trinajstić information content (AvgIpc) is 2.94. The van der Waals surface area contributed by atoms with Crippen LogP contribution in [0, 0.1) is 17.2 Å². The van der Waals surface area contributed by atoms with E-state index in [-0.39, 0.29) is 12.7 Å². The summed E-state index contributed by atoms with van der Waals surface area (Å²) < 4.78 is 5.88. The summed E-state index contributed by atoms with van der Waals surface area (Å²) in [5, 5.41) is 21.6. The largest absolute Gasteiger partial charge is 0.396 e. The minimum atomic E-state index is 0.105. The van der Waals surface area contributed by atoms with Crippen LogP contribution in [-0.4, -0.2) is 24.4 Å². The van der Waals surface area contributed by atoms with Gasteiger partial charge in [0, 0.05) is 36.4 Å². The van der Waals surface area contributed by atoms with E-state index in [2.05, 4.69) is 11.4 Å². The van der Waals surface area contributed by atoms with Gasteiger partial charge in [-0.2, -0.15) is 5.26 Å². The highest BCUT2D eigenvalue weighted by Gasteiger charge is 2.40. The first-order chi connectivity index (χ1) is 9.33. The number of aliphatic hydroxyl groups excluding tert-OH is 1. The maximum Gasteiger partial charge on any atom is 0.0991 e. The van der Waals surface area contributed by atoms with E-state index < -0.39 is 0 Å². The summed E-state index contributed by atoms with van der Waals surface area (Å²) in [4.78, 5) is 0. The van der Waals surface area contributed by atoms with Crippen molar-refractivity contribution in [1.29, 1.82) is 5.26 Å². The lowest BCUT2D eigenvalue weighted by Gasteiger charge is -2.36. The lowest BCUT2D eigenvalue weighted by atomic mass is 9.82. The van der Waals surface area contributed by atoms with Crippen molar-refractivity contribution in [2.24, 2.45) is 5.92 Å². The first-order valence-electron chi connectivity index (χ1n) is 6.86. The van der Waals surface area contributed by atoms with Crippen LogP contribution in [0.4, 0.5) is 5.69 Å². The van der Waals surface area contributed by atoms with Gasteiger partial charge in [0.2, 0.25) is 0 Å². The second kappa shape index (κ2) is 5.20. The number of rotatable bonds is 3. The predicted octanol–water partition coefficient (Wildman–Crippen LogP) is 2.20. The van der Waals surface area contributed by atoms with Crippen LogP contribution in [0.15, 0.2) is 18.2 Å². The van der Waals surface area contributed by atoms with Crippen molar-refractivity contribution in [3.8, 4) is 6.07 Å². The van der Waals surface area contributed by atoms with Gasteiger partial charge in [-0.15, -0.1) is 0 Å². The molecule has 2 aliphatic heterocycles. The maximum absolute atomic E-state index is 9.01. The summed E-state index contributed by atoms with van der Waals surface area (Å²) >= 11 is 0. The third-order valence-corrected chi connectivity index (χ3v) is 4.16. The Morgan fingerprint density at radius 1 is 1.47 bits per heavy atom. The molecule has 0 saturated carbocycles. The van der Waals surface area contributed by atoms with Crippen LogP contribution in [0.1, 0.15) is 36.5 Å². The number of nitrogens with zero attached hydrogens (tertiary/aromatic N) is 1. The van der Waals surface area contributed by atoms with Crippen LogP contribution in [0.25, 0.3) is 0 Å². The van der Waals surface area contributed by atoms with Gasteiger partial charge in [0.15, 0.2) is 0 Å². The average molecular weight is 258 g/mol. The monoisotopic (exact) mass is 258 g/mol. The molecule has 4 heteroatoms. The summed E-state index contributed by atoms with van der Waals surface area (Å²) in [5.41, 5.74) is 2.87. The van der Waals surface area contributed by atoms with E-state index in [4.69, 9.17) is 15.1 Å². The highest BCUT2D eigenvalue weighted by Crippen LogP contribution is 2.45. The molecule has 4 nitrogen and oxygen atoms in total. The molecular formula is C15H18N2O2. The van der Waals surface area contributed by atoms with Gasteiger partial charge < -0.3 is 15.2 Å². The molecule has 1 aromatic carbocycles. The number of nitrogens with one attached hydrogen (secondary N) is 1. The van der Waals surface area contributed by atoms with Crippen molar-refractivity contribution in [3.05, 3.63) is 29.3 Å². The first kappa shape index (κ1) is 12.5. The highest BCUT2D eigenvalue weighted by atomic mass is 16.5. The summed E-state index contributed by atoms with van der Waals surface area (Å²) in [7, 11) is 0. The molecule has 3 rings (SSSR count). The molecule has 19 heavy (non-hydrogen) atoms. The summed E-state index contributed by atoms with van der Waals surface area (Å²) in [6.07, 6.45) is 2.92. The lowest BCUT2D eigenvalue weighted by Crippen LogP contribution is -2.36. The molecule has 1 saturated heterocycles. The standard InChI is InChI=1S/C15H18N2O2/c16-9-10-3-4-14-12(8-10)15-11(5-7-19-15)13(17-14)2-1-6-18/h3-4,8,11,13,15,17-18H,1-2,5-7H2/t11-,13-,15-/m0/s1. The smallest absolute Gasteiger partial charge is 0.0991 e. The van der Waals surface area contributed by atoms with Gasteiger partial charge >= 0.3 is 0 Å². The van der Waals surface area contributed by atoms with E-state index in [1.165, 1.54) is 0 Å². The topological polar surface area (TPSA) is 65.3 Å². The molecule has 2 N–H and O–H groups in total. The lowest BCUT2D eigenvalue weighted by molar-refractivity contribution is 0.0813. The zero-order valence-electron chi connectivity index (χ0n) is 10.8. The third kappa shape index (κ3) is 2.20. The van der Waals surface area contributed by atoms with E-state index in [9.17, 15) is 0 Å². The van der Waals surface area contributed by atoms with E-state index in [0.717, 1.165) is 37.1 Å². The Morgan fingerprint density at radius 3 is 3.16 bits per heavy atom. The van der Waals surface area contributed by atoms with Gasteiger partial charge in [0.05, 0.1) is 17.7 Å². The number of hydrogen-bond donors (Lipinski definition) is 2. The predicted molar refractivity (Wildman–Crippen MR) is 71.7 cm³/mol. The Balaban J connectivity index is 1.92. The molecule has 2 heterocycles. The highest BCUT2D eigenvalue weighted by molar-refractivity contribution is 5.58. The number of aliphatic hydroxyl groups is 1. The molecule has 0 unspecified atom stereocenters. The fraction of sp³-hybridized carbons (Fsp3) is 0.533. The van der Waals surface area contributed by atoms with Crippen LogP contribution in [-0.2, 0) is 4.74 Å². The van der Waals surface area contributed by atoms with Crippen LogP contribution in [0.3, 0.4) is 0 Å². The maximum atomic E-state index is 9.01. The zero-order chi connectivity index (χ0) is 13.2. The number of benzene rings is 1.